The molecule has 0 heterocycles. The summed E-state index contributed by atoms with van der Waals surface area (Å²) in [6.07, 6.45) is -1.91. The number of Topliss-reactive ketones (excluding diaryl/α,β-unsaturated/α-hetero) is 1. The van der Waals surface area contributed by atoms with Gasteiger partial charge in [0.1, 0.15) is 6.95 Å². The highest BCUT2D eigenvalue weighted by Crippen LogP contribution is 2.37. The van der Waals surface area contributed by atoms with Crippen molar-refractivity contribution < 1.29 is 13.1 Å². The van der Waals surface area contributed by atoms with Crippen LogP contribution in [0.4, 0.5) is 0 Å². The fourth-order valence-corrected chi connectivity index (χ4v) is 2.23. The van der Waals surface area contributed by atoms with E-state index in [2.05, 4.69) is 0 Å². The van der Waals surface area contributed by atoms with Crippen molar-refractivity contribution in [3.05, 3.63) is 34.9 Å². The summed E-state index contributed by atoms with van der Waals surface area (Å²) < 4.78 is 47.1. The van der Waals surface area contributed by atoms with E-state index in [1.54, 1.807) is 12.1 Å². The van der Waals surface area contributed by atoms with E-state index >= 15 is 0 Å². The molecule has 0 spiro atoms. The number of likely N-dealkylation sites (N-methyl/N-ethyl adjacent to an activating group) is 1. The van der Waals surface area contributed by atoms with Crippen LogP contribution in [0.15, 0.2) is 24.3 Å². The summed E-state index contributed by atoms with van der Waals surface area (Å²) in [5.41, 5.74) is -2.22. The molecule has 86 valence electrons. The van der Waals surface area contributed by atoms with E-state index in [-0.39, 0.29) is 28.7 Å². The number of hydrogen-bond donors (Lipinski definition) is 1. The molecule has 0 radical (unpaired) electrons. The second-order valence-electron chi connectivity index (χ2n) is 3.76. The number of carbonyl (C=O) groups is 1. The molecular weight excluding hydrogens is 222 g/mol. The standard InChI is InChI=1S/C13H16ClNO/c1-15-13(9-5-4-8-12(13)16)10-6-2-3-7-11(10)14/h2-3,6-7,15H,4-5,8-9H2,1H3/i1D3,9D2/hD. The Morgan fingerprint density at radius 2 is 2.38 bits per heavy atom. The van der Waals surface area contributed by atoms with Gasteiger partial charge in [-0.25, -0.2) is 0 Å². The fourth-order valence-electron chi connectivity index (χ4n) is 1.96. The molecule has 2 nitrogen and oxygen atoms in total. The van der Waals surface area contributed by atoms with Gasteiger partial charge < -0.3 is 5.31 Å². The maximum absolute atomic E-state index is 12.7. The van der Waals surface area contributed by atoms with Crippen LogP contribution in [0, 0.1) is 0 Å². The van der Waals surface area contributed by atoms with Gasteiger partial charge in [-0.05, 0) is 31.4 Å². The number of benzene rings is 1. The zero-order valence-electron chi connectivity index (χ0n) is 14.7. The zero-order chi connectivity index (χ0) is 16.8. The van der Waals surface area contributed by atoms with Gasteiger partial charge in [0.05, 0.1) is 0 Å². The first-order valence-corrected chi connectivity index (χ1v) is 5.50. The van der Waals surface area contributed by atoms with E-state index in [4.69, 9.17) is 19.9 Å². The molecular formula is C13H16ClNO. The van der Waals surface area contributed by atoms with Crippen molar-refractivity contribution in [2.75, 3.05) is 6.98 Å². The highest BCUT2D eigenvalue weighted by molar-refractivity contribution is 6.31. The number of halogens is 1. The van der Waals surface area contributed by atoms with Crippen LogP contribution < -0.4 is 5.31 Å². The minimum Gasteiger partial charge on any atom is -0.304 e. The van der Waals surface area contributed by atoms with Gasteiger partial charge in [-0.15, -0.1) is 0 Å². The number of carbonyl (C=O) groups excluding carboxylic acids is 1. The van der Waals surface area contributed by atoms with E-state index in [0.717, 1.165) is 0 Å². The van der Waals surface area contributed by atoms with Crippen molar-refractivity contribution in [1.29, 1.82) is 0 Å². The molecule has 1 aliphatic carbocycles. The Hall–Kier alpha value is -0.860. The normalized spacial score (nSPS) is 35.5. The molecule has 3 heteroatoms. The summed E-state index contributed by atoms with van der Waals surface area (Å²) in [5, 5.41) is 0.186. The van der Waals surface area contributed by atoms with Crippen molar-refractivity contribution in [2.24, 2.45) is 0 Å². The van der Waals surface area contributed by atoms with Gasteiger partial charge in [-0.2, -0.15) is 0 Å². The molecule has 1 N–H and O–H groups in total. The van der Waals surface area contributed by atoms with Crippen molar-refractivity contribution in [3.63, 3.8) is 0 Å². The van der Waals surface area contributed by atoms with Crippen LogP contribution in [0.2, 0.25) is 6.43 Å². The highest BCUT2D eigenvalue weighted by Gasteiger charge is 2.40. The quantitative estimate of drug-likeness (QED) is 0.866. The van der Waals surface area contributed by atoms with Crippen LogP contribution in [0.1, 0.15) is 38.1 Å². The third-order valence-corrected chi connectivity index (χ3v) is 3.13. The average Bonchev–Trinajstić information content (AvgIpc) is 2.38. The van der Waals surface area contributed by atoms with Crippen LogP contribution in [-0.4, -0.2) is 12.8 Å². The van der Waals surface area contributed by atoms with Gasteiger partial charge in [0.25, 0.3) is 0 Å². The van der Waals surface area contributed by atoms with E-state index in [9.17, 15) is 4.79 Å². The Morgan fingerprint density at radius 3 is 3.06 bits per heavy atom. The molecule has 1 unspecified atom stereocenters. The van der Waals surface area contributed by atoms with E-state index in [1.165, 1.54) is 12.1 Å². The molecule has 1 fully saturated rings. The maximum Gasteiger partial charge on any atom is 0.157 e. The first-order valence-electron chi connectivity index (χ1n) is 8.07. The summed E-state index contributed by atoms with van der Waals surface area (Å²) in [4.78, 5) is 12.7. The lowest BCUT2D eigenvalue weighted by Gasteiger charge is -2.36. The van der Waals surface area contributed by atoms with E-state index in [0.29, 0.717) is 6.42 Å². The third-order valence-electron chi connectivity index (χ3n) is 2.80. The molecule has 0 saturated heterocycles. The molecule has 16 heavy (non-hydrogen) atoms. The summed E-state index contributed by atoms with van der Waals surface area (Å²) >= 11 is 6.12. The first kappa shape index (κ1) is 6.18. The van der Waals surface area contributed by atoms with E-state index in [1.807, 2.05) is 0 Å². The van der Waals surface area contributed by atoms with Gasteiger partial charge >= 0.3 is 0 Å². The summed E-state index contributed by atoms with van der Waals surface area (Å²) in [7, 11) is 0. The Kier molecular flexibility index (Phi) is 1.76. The lowest BCUT2D eigenvalue weighted by molar-refractivity contribution is -0.127. The first-order chi connectivity index (χ1) is 10.0. The lowest BCUT2D eigenvalue weighted by atomic mass is 9.75. The molecule has 1 atom stereocenters. The molecule has 0 amide bonds. The van der Waals surface area contributed by atoms with Crippen LogP contribution >= 0.6 is 11.6 Å². The Labute approximate surface area is 109 Å². The Morgan fingerprint density at radius 1 is 1.56 bits per heavy atom. The Balaban J connectivity index is 2.80. The summed E-state index contributed by atoms with van der Waals surface area (Å²) in [5.74, 6) is -0.636. The second kappa shape index (κ2) is 4.56. The van der Waals surface area contributed by atoms with Gasteiger partial charge in [-0.3, -0.25) is 4.79 Å². The topological polar surface area (TPSA) is 29.1 Å². The fraction of sp³-hybridized carbons (Fsp3) is 0.462. The molecule has 1 aromatic rings. The monoisotopic (exact) mass is 243 g/mol. The molecule has 1 aliphatic rings. The van der Waals surface area contributed by atoms with Gasteiger partial charge in [0.2, 0.25) is 0 Å². The number of hydrogen-bond acceptors (Lipinski definition) is 2. The third kappa shape index (κ3) is 1.76. The van der Waals surface area contributed by atoms with Crippen LogP contribution in [0.25, 0.3) is 0 Å². The summed E-state index contributed by atoms with van der Waals surface area (Å²) in [6, 6.07) is 6.03. The van der Waals surface area contributed by atoms with Crippen LogP contribution in [-0.2, 0) is 10.3 Å². The molecule has 1 aromatic carbocycles. The predicted molar refractivity (Wildman–Crippen MR) is 65.7 cm³/mol. The zero-order valence-corrected chi connectivity index (χ0v) is 9.42. The predicted octanol–water partition coefficient (Wildman–Crippen LogP) is 2.90. The molecule has 0 bridgehead atoms. The largest absolute Gasteiger partial charge is 0.304 e. The molecule has 1 saturated carbocycles. The smallest absolute Gasteiger partial charge is 0.157 e. The Bertz CT molecular complexity index is 590. The van der Waals surface area contributed by atoms with Crippen molar-refractivity contribution in [2.45, 2.75) is 31.2 Å². The highest BCUT2D eigenvalue weighted by atomic mass is 35.5. The number of ketones is 1. The van der Waals surface area contributed by atoms with Crippen molar-refractivity contribution in [3.8, 4) is 0 Å². The van der Waals surface area contributed by atoms with Crippen molar-refractivity contribution in [1.82, 2.24) is 5.31 Å². The van der Waals surface area contributed by atoms with Gasteiger partial charge in [-0.1, -0.05) is 36.2 Å². The van der Waals surface area contributed by atoms with Crippen LogP contribution in [0.5, 0.6) is 0 Å². The number of nitrogens with one attached hydrogen (secondary N) is 1. The van der Waals surface area contributed by atoms with Gasteiger partial charge in [0, 0.05) is 18.3 Å². The van der Waals surface area contributed by atoms with E-state index < -0.39 is 24.7 Å². The molecule has 0 aromatic heterocycles. The number of rotatable bonds is 2. The maximum atomic E-state index is 12.7. The van der Waals surface area contributed by atoms with Crippen LogP contribution in [0.3, 0.4) is 0 Å². The molecule has 2 rings (SSSR count). The minimum atomic E-state index is -2.96. The SMILES string of the molecule is [2H]N(C([2H])([2H])[2H])C1(c2ccccc2Cl)C(=O)CCCC1([2H])[2H]. The summed E-state index contributed by atoms with van der Waals surface area (Å²) in [6.45, 7) is -2.96. The minimum absolute atomic E-state index is 0.0101. The average molecular weight is 244 g/mol. The molecule has 0 aliphatic heterocycles. The lowest BCUT2D eigenvalue weighted by Crippen LogP contribution is -2.49. The van der Waals surface area contributed by atoms with Gasteiger partial charge in [0.15, 0.2) is 5.78 Å². The second-order valence-corrected chi connectivity index (χ2v) is 4.16. The van der Waals surface area contributed by atoms with Crippen molar-refractivity contribution >= 4 is 17.4 Å².